The molecule has 0 aliphatic heterocycles. The normalized spacial score (nSPS) is 11.1. The van der Waals surface area contributed by atoms with Crippen molar-refractivity contribution < 1.29 is 9.21 Å². The summed E-state index contributed by atoms with van der Waals surface area (Å²) in [6, 6.07) is 9.18. The Hall–Kier alpha value is -2.67. The Bertz CT molecular complexity index is 771. The average Bonchev–Trinajstić information content (AvgIpc) is 3.19. The predicted molar refractivity (Wildman–Crippen MR) is 80.4 cm³/mol. The molecule has 3 rings (SSSR count). The van der Waals surface area contributed by atoms with Gasteiger partial charge in [-0.1, -0.05) is 6.07 Å². The van der Waals surface area contributed by atoms with Crippen molar-refractivity contribution in [2.45, 2.75) is 6.92 Å². The molecule has 0 radical (unpaired) electrons. The van der Waals surface area contributed by atoms with Crippen molar-refractivity contribution in [2.75, 3.05) is 0 Å². The Morgan fingerprint density at radius 3 is 3.10 bits per heavy atom. The lowest BCUT2D eigenvalue weighted by molar-refractivity contribution is 0.0950. The number of nitrogens with zero attached hydrogens (tertiary/aromatic N) is 2. The Labute approximate surface area is 124 Å². The molecule has 3 heterocycles. The summed E-state index contributed by atoms with van der Waals surface area (Å²) in [6.07, 6.45) is 1.44. The molecule has 0 fully saturated rings. The third-order valence-electron chi connectivity index (χ3n) is 2.72. The van der Waals surface area contributed by atoms with Crippen molar-refractivity contribution in [1.82, 2.24) is 15.6 Å². The SMILES string of the molecule is Cc1ccc(/C=N\NC(=O)c2cc(-c3cccs3)[nH]n2)o1. The van der Waals surface area contributed by atoms with E-state index in [9.17, 15) is 4.79 Å². The van der Waals surface area contributed by atoms with Crippen LogP contribution in [0.3, 0.4) is 0 Å². The lowest BCUT2D eigenvalue weighted by Gasteiger charge is -1.93. The highest BCUT2D eigenvalue weighted by molar-refractivity contribution is 7.13. The molecular weight excluding hydrogens is 288 g/mol. The van der Waals surface area contributed by atoms with E-state index < -0.39 is 0 Å². The van der Waals surface area contributed by atoms with Gasteiger partial charge in [-0.15, -0.1) is 11.3 Å². The molecule has 6 nitrogen and oxygen atoms in total. The second-order valence-corrected chi connectivity index (χ2v) is 5.24. The standard InChI is InChI=1S/C14H12N4O2S/c1-9-4-5-10(20-9)8-15-18-14(19)12-7-11(16-17-12)13-3-2-6-21-13/h2-8H,1H3,(H,16,17)(H,18,19)/b15-8-. The fraction of sp³-hybridized carbons (Fsp3) is 0.0714. The Morgan fingerprint density at radius 2 is 2.38 bits per heavy atom. The number of rotatable bonds is 4. The van der Waals surface area contributed by atoms with Crippen LogP contribution in [0.1, 0.15) is 22.0 Å². The number of H-pyrrole nitrogens is 1. The van der Waals surface area contributed by atoms with Crippen LogP contribution in [0, 0.1) is 6.92 Å². The third kappa shape index (κ3) is 3.09. The Kier molecular flexibility index (Phi) is 3.65. The van der Waals surface area contributed by atoms with Gasteiger partial charge in [-0.3, -0.25) is 9.89 Å². The van der Waals surface area contributed by atoms with E-state index in [-0.39, 0.29) is 11.6 Å². The monoisotopic (exact) mass is 300 g/mol. The van der Waals surface area contributed by atoms with Crippen LogP contribution in [0.4, 0.5) is 0 Å². The van der Waals surface area contributed by atoms with Crippen LogP contribution in [-0.2, 0) is 0 Å². The first-order valence-electron chi connectivity index (χ1n) is 6.21. The number of hydrogen-bond donors (Lipinski definition) is 2. The van der Waals surface area contributed by atoms with Crippen LogP contribution in [-0.4, -0.2) is 22.3 Å². The number of aromatic amines is 1. The highest BCUT2D eigenvalue weighted by Crippen LogP contribution is 2.22. The van der Waals surface area contributed by atoms with Crippen LogP contribution in [0.15, 0.2) is 45.2 Å². The van der Waals surface area contributed by atoms with Crippen molar-refractivity contribution in [3.05, 3.63) is 52.9 Å². The van der Waals surface area contributed by atoms with E-state index in [2.05, 4.69) is 20.7 Å². The highest BCUT2D eigenvalue weighted by Gasteiger charge is 2.11. The summed E-state index contributed by atoms with van der Waals surface area (Å²) >= 11 is 1.57. The number of aryl methyl sites for hydroxylation is 1. The molecule has 0 spiro atoms. The van der Waals surface area contributed by atoms with Crippen LogP contribution < -0.4 is 5.43 Å². The van der Waals surface area contributed by atoms with E-state index in [1.165, 1.54) is 6.21 Å². The summed E-state index contributed by atoms with van der Waals surface area (Å²) in [5.41, 5.74) is 3.50. The van der Waals surface area contributed by atoms with Gasteiger partial charge in [0.1, 0.15) is 11.5 Å². The lowest BCUT2D eigenvalue weighted by Crippen LogP contribution is -2.17. The molecule has 0 atom stereocenters. The molecule has 0 saturated heterocycles. The zero-order valence-electron chi connectivity index (χ0n) is 11.2. The van der Waals surface area contributed by atoms with Gasteiger partial charge in [-0.2, -0.15) is 10.2 Å². The molecule has 3 aromatic heterocycles. The molecule has 3 aromatic rings. The number of aromatic nitrogens is 2. The van der Waals surface area contributed by atoms with Gasteiger partial charge in [0.15, 0.2) is 5.69 Å². The number of carbonyl (C=O) groups is 1. The summed E-state index contributed by atoms with van der Waals surface area (Å²) in [5.74, 6) is 0.985. The van der Waals surface area contributed by atoms with Crippen LogP contribution in [0.2, 0.25) is 0 Å². The van der Waals surface area contributed by atoms with Crippen molar-refractivity contribution in [3.63, 3.8) is 0 Å². The minimum absolute atomic E-state index is 0.283. The maximum absolute atomic E-state index is 11.9. The molecule has 2 N–H and O–H groups in total. The molecule has 106 valence electrons. The van der Waals surface area contributed by atoms with Gasteiger partial charge >= 0.3 is 0 Å². The summed E-state index contributed by atoms with van der Waals surface area (Å²) < 4.78 is 5.30. The first-order valence-corrected chi connectivity index (χ1v) is 7.09. The number of amides is 1. The number of thiophene rings is 1. The van der Waals surface area contributed by atoms with Crippen molar-refractivity contribution in [3.8, 4) is 10.6 Å². The molecule has 0 aliphatic carbocycles. The van der Waals surface area contributed by atoms with Gasteiger partial charge in [0.25, 0.3) is 5.91 Å². The van der Waals surface area contributed by atoms with Gasteiger partial charge < -0.3 is 4.42 Å². The van der Waals surface area contributed by atoms with Crippen LogP contribution in [0.5, 0.6) is 0 Å². The first-order chi connectivity index (χ1) is 10.2. The topological polar surface area (TPSA) is 83.3 Å². The van der Waals surface area contributed by atoms with Gasteiger partial charge in [-0.25, -0.2) is 5.43 Å². The van der Waals surface area contributed by atoms with E-state index >= 15 is 0 Å². The number of furan rings is 1. The van der Waals surface area contributed by atoms with Crippen LogP contribution in [0.25, 0.3) is 10.6 Å². The smallest absolute Gasteiger partial charge is 0.291 e. The number of nitrogens with one attached hydrogen (secondary N) is 2. The minimum Gasteiger partial charge on any atom is -0.460 e. The predicted octanol–water partition coefficient (Wildman–Crippen LogP) is 2.80. The van der Waals surface area contributed by atoms with Gasteiger partial charge in [0, 0.05) is 0 Å². The van der Waals surface area contributed by atoms with Gasteiger partial charge in [-0.05, 0) is 36.6 Å². The van der Waals surface area contributed by atoms with Crippen LogP contribution >= 0.6 is 11.3 Å². The van der Waals surface area contributed by atoms with E-state index in [0.29, 0.717) is 5.76 Å². The first kappa shape index (κ1) is 13.3. The molecule has 0 bridgehead atoms. The molecule has 0 aromatic carbocycles. The highest BCUT2D eigenvalue weighted by atomic mass is 32.1. The number of hydrogen-bond acceptors (Lipinski definition) is 5. The summed E-state index contributed by atoms with van der Waals surface area (Å²) in [7, 11) is 0. The zero-order valence-corrected chi connectivity index (χ0v) is 12.0. The molecule has 0 saturated carbocycles. The zero-order chi connectivity index (χ0) is 14.7. The van der Waals surface area contributed by atoms with Gasteiger partial charge in [0.2, 0.25) is 0 Å². The molecule has 0 unspecified atom stereocenters. The average molecular weight is 300 g/mol. The van der Waals surface area contributed by atoms with E-state index in [0.717, 1.165) is 16.3 Å². The maximum Gasteiger partial charge on any atom is 0.291 e. The number of carbonyl (C=O) groups excluding carboxylic acids is 1. The summed E-state index contributed by atoms with van der Waals surface area (Å²) in [6.45, 7) is 1.84. The molecule has 7 heteroatoms. The van der Waals surface area contributed by atoms with Crippen molar-refractivity contribution in [1.29, 1.82) is 0 Å². The second-order valence-electron chi connectivity index (χ2n) is 4.29. The Morgan fingerprint density at radius 1 is 1.48 bits per heavy atom. The van der Waals surface area contributed by atoms with E-state index in [1.807, 2.05) is 30.5 Å². The summed E-state index contributed by atoms with van der Waals surface area (Å²) in [5, 5.41) is 12.6. The molecular formula is C14H12N4O2S. The quantitative estimate of drug-likeness (QED) is 0.574. The fourth-order valence-electron chi connectivity index (χ4n) is 1.73. The Balaban J connectivity index is 1.64. The molecule has 21 heavy (non-hydrogen) atoms. The molecule has 1 amide bonds. The second kappa shape index (κ2) is 5.76. The maximum atomic E-state index is 11.9. The van der Waals surface area contributed by atoms with E-state index in [4.69, 9.17) is 4.42 Å². The van der Waals surface area contributed by atoms with Crippen molar-refractivity contribution in [2.24, 2.45) is 5.10 Å². The number of hydrazone groups is 1. The summed E-state index contributed by atoms with van der Waals surface area (Å²) in [4.78, 5) is 12.9. The minimum atomic E-state index is -0.381. The van der Waals surface area contributed by atoms with Crippen molar-refractivity contribution >= 4 is 23.5 Å². The largest absolute Gasteiger partial charge is 0.460 e. The fourth-order valence-corrected chi connectivity index (χ4v) is 2.42. The lowest BCUT2D eigenvalue weighted by atomic mass is 10.3. The third-order valence-corrected chi connectivity index (χ3v) is 3.62. The van der Waals surface area contributed by atoms with E-state index in [1.54, 1.807) is 23.5 Å². The molecule has 0 aliphatic rings. The van der Waals surface area contributed by atoms with Gasteiger partial charge in [0.05, 0.1) is 16.8 Å².